The van der Waals surface area contributed by atoms with Gasteiger partial charge in [-0.2, -0.15) is 0 Å². The minimum Gasteiger partial charge on any atom is -0.306 e. The first-order valence-corrected chi connectivity index (χ1v) is 14.1. The van der Waals surface area contributed by atoms with Crippen LogP contribution in [0, 0.1) is 22.7 Å². The Morgan fingerprint density at radius 1 is 1.03 bits per heavy atom. The van der Waals surface area contributed by atoms with Crippen LogP contribution in [0.25, 0.3) is 0 Å². The minimum atomic E-state index is -3.43. The van der Waals surface area contributed by atoms with Crippen LogP contribution in [0.5, 0.6) is 0 Å². The summed E-state index contributed by atoms with van der Waals surface area (Å²) < 4.78 is 28.0. The number of piperidine rings is 2. The average molecular weight is 454 g/mol. The maximum Gasteiger partial charge on any atom is 0.214 e. The number of hydrogen-bond acceptors (Lipinski definition) is 5. The van der Waals surface area contributed by atoms with E-state index in [4.69, 9.17) is 0 Å². The number of carbonyl (C=O) groups excluding carboxylic acids is 1. The monoisotopic (exact) mass is 453 g/mol. The molecule has 0 spiro atoms. The fourth-order valence-electron chi connectivity index (χ4n) is 7.00. The number of rotatable bonds is 7. The second kappa shape index (κ2) is 8.69. The van der Waals surface area contributed by atoms with Crippen LogP contribution in [0.3, 0.4) is 0 Å². The molecule has 4 fully saturated rings. The van der Waals surface area contributed by atoms with E-state index in [-0.39, 0.29) is 17.0 Å². The fraction of sp³-hybridized carbons (Fsp3) is 0.958. The van der Waals surface area contributed by atoms with E-state index in [9.17, 15) is 13.2 Å². The Labute approximate surface area is 189 Å². The molecular formula is C24H43N3O3S. The molecular weight excluding hydrogens is 410 g/mol. The zero-order chi connectivity index (χ0) is 22.4. The van der Waals surface area contributed by atoms with Crippen molar-refractivity contribution in [2.75, 3.05) is 52.6 Å². The third-order valence-electron chi connectivity index (χ3n) is 9.75. The third-order valence-corrected chi connectivity index (χ3v) is 11.7. The van der Waals surface area contributed by atoms with E-state index >= 15 is 0 Å². The molecule has 0 aromatic carbocycles. The molecule has 2 atom stereocenters. The second-order valence-corrected chi connectivity index (χ2v) is 13.6. The number of nitrogens with zero attached hydrogens (tertiary/aromatic N) is 3. The summed E-state index contributed by atoms with van der Waals surface area (Å²) in [6.45, 7) is 9.52. The van der Waals surface area contributed by atoms with Gasteiger partial charge in [0.05, 0.1) is 5.75 Å². The van der Waals surface area contributed by atoms with Gasteiger partial charge < -0.3 is 9.80 Å². The Balaban J connectivity index is 1.26. The Morgan fingerprint density at radius 2 is 1.68 bits per heavy atom. The van der Waals surface area contributed by atoms with Gasteiger partial charge in [0.1, 0.15) is 5.78 Å². The molecule has 2 aliphatic heterocycles. The van der Waals surface area contributed by atoms with Gasteiger partial charge in [-0.1, -0.05) is 13.8 Å². The van der Waals surface area contributed by atoms with E-state index in [1.165, 1.54) is 38.8 Å². The van der Waals surface area contributed by atoms with Gasteiger partial charge in [-0.25, -0.2) is 12.7 Å². The third kappa shape index (κ3) is 4.36. The van der Waals surface area contributed by atoms with Crippen molar-refractivity contribution in [1.82, 2.24) is 14.1 Å². The van der Waals surface area contributed by atoms with Crippen LogP contribution in [0.4, 0.5) is 0 Å². The predicted molar refractivity (Wildman–Crippen MR) is 124 cm³/mol. The fourth-order valence-corrected chi connectivity index (χ4v) is 8.90. The van der Waals surface area contributed by atoms with E-state index in [1.54, 1.807) is 11.4 Å². The first-order valence-electron chi connectivity index (χ1n) is 12.4. The van der Waals surface area contributed by atoms with E-state index in [0.717, 1.165) is 38.4 Å². The Morgan fingerprint density at radius 3 is 2.23 bits per heavy atom. The molecule has 0 amide bonds. The number of Topliss-reactive ketones (excluding diaryl/α,β-unsaturated/α-hetero) is 1. The van der Waals surface area contributed by atoms with E-state index in [2.05, 4.69) is 30.7 Å². The standard InChI is InChI=1S/C24H43N3O3S/c1-23(2)20-5-11-24(23,22(28)17-20)18-31(29,30)26(4)14-6-19-7-15-27(16-8-19)21-9-12-25(3)13-10-21/h19-21H,5-18H2,1-4H3/t20-,24-/m1/s1. The van der Waals surface area contributed by atoms with Gasteiger partial charge in [-0.15, -0.1) is 0 Å². The van der Waals surface area contributed by atoms with Crippen molar-refractivity contribution in [3.63, 3.8) is 0 Å². The van der Waals surface area contributed by atoms with Crippen LogP contribution in [0.2, 0.25) is 0 Å². The zero-order valence-electron chi connectivity index (χ0n) is 20.1. The van der Waals surface area contributed by atoms with Crippen LogP contribution < -0.4 is 0 Å². The molecule has 2 heterocycles. The van der Waals surface area contributed by atoms with Gasteiger partial charge in [0.2, 0.25) is 10.0 Å². The molecule has 2 bridgehead atoms. The SMILES string of the molecule is CN1CCC(N2CCC(CCN(C)S(=O)(=O)C[C@]34CC[C@H](CC3=O)C4(C)C)CC2)CC1. The quantitative estimate of drug-likeness (QED) is 0.593. The lowest BCUT2D eigenvalue weighted by molar-refractivity contribution is -0.128. The topological polar surface area (TPSA) is 60.9 Å². The molecule has 0 radical (unpaired) electrons. The second-order valence-electron chi connectivity index (χ2n) is 11.5. The number of carbonyl (C=O) groups is 1. The average Bonchev–Trinajstić information content (AvgIpc) is 3.07. The number of fused-ring (bicyclic) bond motifs is 2. The van der Waals surface area contributed by atoms with Crippen LogP contribution in [-0.4, -0.2) is 86.9 Å². The molecule has 2 saturated carbocycles. The van der Waals surface area contributed by atoms with Crippen LogP contribution >= 0.6 is 0 Å². The van der Waals surface area contributed by atoms with Crippen molar-refractivity contribution >= 4 is 15.8 Å². The summed E-state index contributed by atoms with van der Waals surface area (Å²) in [6.07, 6.45) is 8.15. The molecule has 2 aliphatic carbocycles. The molecule has 4 aliphatic rings. The summed E-state index contributed by atoms with van der Waals surface area (Å²) in [5.41, 5.74) is -0.858. The lowest BCUT2D eigenvalue weighted by Gasteiger charge is -2.41. The molecule has 0 aromatic heterocycles. The van der Waals surface area contributed by atoms with Gasteiger partial charge in [0.15, 0.2) is 0 Å². The van der Waals surface area contributed by atoms with Gasteiger partial charge >= 0.3 is 0 Å². The van der Waals surface area contributed by atoms with E-state index in [0.29, 0.717) is 24.8 Å². The van der Waals surface area contributed by atoms with Gasteiger partial charge in [-0.05, 0) is 95.4 Å². The van der Waals surface area contributed by atoms with Crippen LogP contribution in [0.1, 0.15) is 65.2 Å². The maximum atomic E-state index is 13.2. The van der Waals surface area contributed by atoms with Crippen molar-refractivity contribution in [3.8, 4) is 0 Å². The summed E-state index contributed by atoms with van der Waals surface area (Å²) in [7, 11) is 0.502. The molecule has 6 nitrogen and oxygen atoms in total. The summed E-state index contributed by atoms with van der Waals surface area (Å²) in [6, 6.07) is 0.738. The van der Waals surface area contributed by atoms with Crippen molar-refractivity contribution in [1.29, 1.82) is 0 Å². The largest absolute Gasteiger partial charge is 0.306 e. The molecule has 0 unspecified atom stereocenters. The first kappa shape index (κ1) is 23.7. The lowest BCUT2D eigenvalue weighted by Crippen LogP contribution is -2.47. The highest BCUT2D eigenvalue weighted by Gasteiger charge is 2.65. The van der Waals surface area contributed by atoms with Crippen LogP contribution in [0.15, 0.2) is 0 Å². The maximum absolute atomic E-state index is 13.2. The zero-order valence-corrected chi connectivity index (χ0v) is 20.9. The number of likely N-dealkylation sites (tertiary alicyclic amines) is 2. The normalized spacial score (nSPS) is 33.6. The predicted octanol–water partition coefficient (Wildman–Crippen LogP) is 2.84. The highest BCUT2D eigenvalue weighted by molar-refractivity contribution is 7.89. The van der Waals surface area contributed by atoms with Gasteiger partial charge in [0.25, 0.3) is 0 Å². The highest BCUT2D eigenvalue weighted by atomic mass is 32.2. The van der Waals surface area contributed by atoms with Crippen molar-refractivity contribution in [2.45, 2.75) is 71.3 Å². The first-order chi connectivity index (χ1) is 14.5. The molecule has 31 heavy (non-hydrogen) atoms. The minimum absolute atomic E-state index is 0.00735. The molecule has 0 N–H and O–H groups in total. The van der Waals surface area contributed by atoms with Crippen molar-refractivity contribution in [2.24, 2.45) is 22.7 Å². The van der Waals surface area contributed by atoms with Crippen molar-refractivity contribution in [3.05, 3.63) is 0 Å². The number of sulfonamides is 1. The number of ketones is 1. The van der Waals surface area contributed by atoms with Crippen molar-refractivity contribution < 1.29 is 13.2 Å². The Bertz CT molecular complexity index is 767. The summed E-state index contributed by atoms with van der Waals surface area (Å²) in [5, 5.41) is 0. The van der Waals surface area contributed by atoms with Gasteiger partial charge in [0, 0.05) is 31.5 Å². The Hall–Kier alpha value is -0.500. The number of hydrogen-bond donors (Lipinski definition) is 0. The van der Waals surface area contributed by atoms with Gasteiger partial charge in [-0.3, -0.25) is 4.79 Å². The van der Waals surface area contributed by atoms with Crippen LogP contribution in [-0.2, 0) is 14.8 Å². The highest BCUT2D eigenvalue weighted by Crippen LogP contribution is 2.64. The van der Waals surface area contributed by atoms with E-state index in [1.807, 2.05) is 0 Å². The Kier molecular flexibility index (Phi) is 6.63. The molecule has 7 heteroatoms. The van der Waals surface area contributed by atoms with E-state index < -0.39 is 15.4 Å². The summed E-state index contributed by atoms with van der Waals surface area (Å²) in [5.74, 6) is 1.16. The smallest absolute Gasteiger partial charge is 0.214 e. The molecule has 178 valence electrons. The molecule has 4 rings (SSSR count). The molecule has 0 aromatic rings. The summed E-state index contributed by atoms with van der Waals surface area (Å²) >= 11 is 0. The molecule has 2 saturated heterocycles. The lowest BCUT2D eigenvalue weighted by atomic mass is 9.70. The summed E-state index contributed by atoms with van der Waals surface area (Å²) in [4.78, 5) is 17.9.